The number of carbonyl (C=O) groups is 3. The first-order valence-electron chi connectivity index (χ1n) is 16.2. The minimum absolute atomic E-state index is 0.00451. The number of hydrogen-bond acceptors (Lipinski definition) is 10. The zero-order chi connectivity index (χ0) is 38.2. The Morgan fingerprint density at radius 3 is 2.32 bits per heavy atom. The summed E-state index contributed by atoms with van der Waals surface area (Å²) in [5, 5.41) is 11.2. The van der Waals surface area contributed by atoms with Gasteiger partial charge in [0.05, 0.1) is 0 Å². The molecule has 53 heavy (non-hydrogen) atoms. The molecule has 278 valence electrons. The van der Waals surface area contributed by atoms with Gasteiger partial charge in [-0.1, -0.05) is 32.6 Å². The molecule has 8 rings (SSSR count). The number of nitrogens with one attached hydrogen (secondary N) is 4. The van der Waals surface area contributed by atoms with Crippen molar-refractivity contribution in [3.8, 4) is 11.8 Å². The van der Waals surface area contributed by atoms with Crippen LogP contribution in [0.2, 0.25) is 0 Å². The van der Waals surface area contributed by atoms with Crippen molar-refractivity contribution in [1.29, 1.82) is 0 Å². The van der Waals surface area contributed by atoms with Crippen LogP contribution < -0.4 is 30.7 Å². The highest BCUT2D eigenvalue weighted by molar-refractivity contribution is 6.39. The highest BCUT2D eigenvalue weighted by Gasteiger charge is 2.31. The highest BCUT2D eigenvalue weighted by atomic mass is 19.4. The molecule has 4 aliphatic heterocycles. The van der Waals surface area contributed by atoms with Gasteiger partial charge in [0.25, 0.3) is 5.91 Å². The highest BCUT2D eigenvalue weighted by Crippen LogP contribution is 2.23. The van der Waals surface area contributed by atoms with Gasteiger partial charge in [0.1, 0.15) is 18.2 Å². The van der Waals surface area contributed by atoms with E-state index in [1.54, 1.807) is 36.4 Å². The SMILES string of the molecule is C=C1COc2ccc(cc2)CNc2nc(nc(OCC(F)(F)F)n2)Nc2ccc(cc2)C(=O)NCC(C)(C)CN(C(=O)C(=O)Nc2ccc(F)cc2)C1. The maximum absolute atomic E-state index is 13.5. The van der Waals surface area contributed by atoms with Gasteiger partial charge in [-0.3, -0.25) is 14.4 Å². The molecule has 4 aliphatic rings. The molecular weight excluding hydrogens is 700 g/mol. The second-order valence-corrected chi connectivity index (χ2v) is 12.9. The van der Waals surface area contributed by atoms with Gasteiger partial charge in [-0.05, 0) is 77.2 Å². The van der Waals surface area contributed by atoms with E-state index in [0.717, 1.165) is 17.7 Å². The lowest BCUT2D eigenvalue weighted by atomic mass is 9.92. The Balaban J connectivity index is 1.38. The van der Waals surface area contributed by atoms with E-state index in [-0.39, 0.29) is 55.9 Å². The number of hydrogen-bond donors (Lipinski definition) is 4. The topological polar surface area (TPSA) is 160 Å². The third kappa shape index (κ3) is 11.6. The number of carbonyl (C=O) groups excluding carboxylic acids is 3. The molecule has 0 saturated carbocycles. The third-order valence-electron chi connectivity index (χ3n) is 7.54. The van der Waals surface area contributed by atoms with Crippen molar-refractivity contribution in [3.63, 3.8) is 0 Å². The summed E-state index contributed by atoms with van der Waals surface area (Å²) < 4.78 is 62.7. The summed E-state index contributed by atoms with van der Waals surface area (Å²) in [5.74, 6) is -2.42. The van der Waals surface area contributed by atoms with Crippen molar-refractivity contribution < 1.29 is 41.4 Å². The van der Waals surface area contributed by atoms with Crippen LogP contribution in [0.3, 0.4) is 0 Å². The van der Waals surface area contributed by atoms with E-state index in [1.807, 2.05) is 13.8 Å². The first kappa shape index (κ1) is 38.0. The quantitative estimate of drug-likeness (QED) is 0.121. The molecule has 0 atom stereocenters. The standard InChI is InChI=1S/C36H36F4N8O5/c1-22-17-48(31(51)30(50)43-26-12-8-25(37)9-13-26)20-35(2,3)19-42-29(49)24-6-10-27(11-7-24)44-33-45-32(46-34(47-33)53-21-36(38,39)40)41-16-23-4-14-28(15-5-23)52-18-22/h4-15H,1,16-21H2,2-3H3,(H,42,49)(H,43,50)(H2,41,44,45,46,47). The van der Waals surface area contributed by atoms with Crippen LogP contribution in [0.4, 0.5) is 40.8 Å². The summed E-state index contributed by atoms with van der Waals surface area (Å²) in [5.41, 5.74) is 1.41. The van der Waals surface area contributed by atoms with Crippen molar-refractivity contribution in [1.82, 2.24) is 25.2 Å². The predicted octanol–water partition coefficient (Wildman–Crippen LogP) is 5.48. The number of nitrogens with zero attached hydrogens (tertiary/aromatic N) is 4. The first-order valence-corrected chi connectivity index (χ1v) is 16.2. The molecule has 3 aromatic carbocycles. The average molecular weight is 737 g/mol. The van der Waals surface area contributed by atoms with E-state index in [9.17, 15) is 31.9 Å². The smallest absolute Gasteiger partial charge is 0.422 e. The number of ether oxygens (including phenoxy) is 2. The Hall–Kier alpha value is -6.26. The van der Waals surface area contributed by atoms with Crippen LogP contribution in [0.15, 0.2) is 84.9 Å². The van der Waals surface area contributed by atoms with Gasteiger partial charge >= 0.3 is 24.0 Å². The summed E-state index contributed by atoms with van der Waals surface area (Å²) in [4.78, 5) is 53.1. The molecule has 3 amide bonds. The monoisotopic (exact) mass is 736 g/mol. The summed E-state index contributed by atoms with van der Waals surface area (Å²) in [6, 6.07) is 17.5. The minimum atomic E-state index is -4.62. The number of aromatic nitrogens is 3. The summed E-state index contributed by atoms with van der Waals surface area (Å²) in [6.07, 6.45) is -4.62. The summed E-state index contributed by atoms with van der Waals surface area (Å²) >= 11 is 0. The first-order chi connectivity index (χ1) is 25.1. The lowest BCUT2D eigenvalue weighted by Gasteiger charge is -2.33. The zero-order valence-corrected chi connectivity index (χ0v) is 28.7. The van der Waals surface area contributed by atoms with Gasteiger partial charge in [-0.2, -0.15) is 28.1 Å². The van der Waals surface area contributed by atoms with Crippen molar-refractivity contribution in [2.24, 2.45) is 5.41 Å². The second kappa shape index (κ2) is 16.4. The van der Waals surface area contributed by atoms with E-state index in [0.29, 0.717) is 17.0 Å². The Morgan fingerprint density at radius 1 is 0.962 bits per heavy atom. The number of rotatable bonds is 3. The van der Waals surface area contributed by atoms with Gasteiger partial charge in [-0.15, -0.1) is 0 Å². The van der Waals surface area contributed by atoms with Crippen LogP contribution in [0.1, 0.15) is 29.8 Å². The van der Waals surface area contributed by atoms with E-state index < -0.39 is 47.7 Å². The zero-order valence-electron chi connectivity index (χ0n) is 28.7. The Kier molecular flexibility index (Phi) is 11.7. The van der Waals surface area contributed by atoms with Crippen molar-refractivity contribution >= 4 is 41.0 Å². The Labute approximate surface area is 301 Å². The van der Waals surface area contributed by atoms with Crippen LogP contribution in [-0.2, 0) is 16.1 Å². The lowest BCUT2D eigenvalue weighted by molar-refractivity contribution is -0.154. The van der Waals surface area contributed by atoms with E-state index in [4.69, 9.17) is 9.47 Å². The normalized spacial score (nSPS) is 15.2. The Bertz CT molecular complexity index is 1940. The summed E-state index contributed by atoms with van der Waals surface area (Å²) in [6.45, 7) is 6.33. The number of alkyl halides is 3. The number of amides is 3. The molecule has 0 radical (unpaired) electrons. The molecule has 17 heteroatoms. The fourth-order valence-corrected chi connectivity index (χ4v) is 4.98. The Morgan fingerprint density at radius 2 is 1.64 bits per heavy atom. The third-order valence-corrected chi connectivity index (χ3v) is 7.54. The molecule has 6 bridgehead atoms. The van der Waals surface area contributed by atoms with Crippen LogP contribution in [0, 0.1) is 11.2 Å². The maximum atomic E-state index is 13.5. The fourth-order valence-electron chi connectivity index (χ4n) is 4.98. The lowest BCUT2D eigenvalue weighted by Crippen LogP contribution is -2.48. The van der Waals surface area contributed by atoms with Gasteiger partial charge < -0.3 is 35.6 Å². The molecule has 0 unspecified atom stereocenters. The van der Waals surface area contributed by atoms with Crippen LogP contribution in [0.5, 0.6) is 11.8 Å². The van der Waals surface area contributed by atoms with Crippen molar-refractivity contribution in [2.75, 3.05) is 48.8 Å². The second-order valence-electron chi connectivity index (χ2n) is 12.9. The molecule has 1 aromatic heterocycles. The van der Waals surface area contributed by atoms with Gasteiger partial charge in [-0.25, -0.2) is 4.39 Å². The maximum Gasteiger partial charge on any atom is 0.422 e. The molecule has 0 spiro atoms. The fraction of sp³-hybridized carbons (Fsp3) is 0.278. The van der Waals surface area contributed by atoms with Gasteiger partial charge in [0.2, 0.25) is 11.9 Å². The summed E-state index contributed by atoms with van der Waals surface area (Å²) in [7, 11) is 0. The molecule has 0 saturated heterocycles. The van der Waals surface area contributed by atoms with Gasteiger partial charge in [0, 0.05) is 43.1 Å². The molecule has 0 aliphatic carbocycles. The minimum Gasteiger partial charge on any atom is -0.489 e. The molecule has 13 nitrogen and oxygen atoms in total. The van der Waals surface area contributed by atoms with E-state index in [1.165, 1.54) is 29.2 Å². The van der Waals surface area contributed by atoms with Crippen LogP contribution in [-0.4, -0.2) is 76.6 Å². The van der Waals surface area contributed by atoms with Gasteiger partial charge in [0.15, 0.2) is 6.61 Å². The molecule has 4 N–H and O–H groups in total. The van der Waals surface area contributed by atoms with Crippen LogP contribution >= 0.6 is 0 Å². The number of anilines is 4. The number of halogens is 4. The average Bonchev–Trinajstić information content (AvgIpc) is 3.11. The molecule has 0 fully saturated rings. The molecule has 5 heterocycles. The predicted molar refractivity (Wildman–Crippen MR) is 187 cm³/mol. The largest absolute Gasteiger partial charge is 0.489 e. The van der Waals surface area contributed by atoms with Crippen LogP contribution in [0.25, 0.3) is 0 Å². The van der Waals surface area contributed by atoms with Crippen molar-refractivity contribution in [3.05, 3.63) is 102 Å². The number of benzene rings is 3. The van der Waals surface area contributed by atoms with E-state index >= 15 is 0 Å². The molecule has 4 aromatic rings. The molecular formula is C36H36F4N8O5. The van der Waals surface area contributed by atoms with E-state index in [2.05, 4.69) is 42.8 Å². The van der Waals surface area contributed by atoms with Crippen molar-refractivity contribution in [2.45, 2.75) is 26.6 Å².